The lowest BCUT2D eigenvalue weighted by molar-refractivity contribution is -0.385. The van der Waals surface area contributed by atoms with Crippen LogP contribution in [0.25, 0.3) is 5.52 Å². The number of fused-ring (bicyclic) bond motifs is 1. The highest BCUT2D eigenvalue weighted by atomic mass is 32.2. The van der Waals surface area contributed by atoms with Gasteiger partial charge < -0.3 is 9.47 Å². The second-order valence-corrected chi connectivity index (χ2v) is 9.75. The molecule has 1 aliphatic rings. The fourth-order valence-corrected chi connectivity index (χ4v) is 4.66. The summed E-state index contributed by atoms with van der Waals surface area (Å²) in [4.78, 5) is 12.4. The second kappa shape index (κ2) is 10.7. The largest absolute Gasteiger partial charge is 0.491 e. The van der Waals surface area contributed by atoms with Crippen LogP contribution in [0.15, 0.2) is 52.7 Å². The Kier molecular flexibility index (Phi) is 7.44. The molecule has 1 fully saturated rings. The van der Waals surface area contributed by atoms with Crippen molar-refractivity contribution in [3.63, 3.8) is 0 Å². The van der Waals surface area contributed by atoms with Crippen molar-refractivity contribution >= 4 is 27.4 Å². The van der Waals surface area contributed by atoms with Gasteiger partial charge in [-0.15, -0.1) is 0 Å². The summed E-state index contributed by atoms with van der Waals surface area (Å²) < 4.78 is 40.0. The van der Waals surface area contributed by atoms with Crippen molar-refractivity contribution < 1.29 is 22.8 Å². The average molecular weight is 514 g/mol. The van der Waals surface area contributed by atoms with E-state index in [1.165, 1.54) is 36.1 Å². The molecule has 188 valence electrons. The standard InChI is InChI=1S/C22H23N7O6S/c1-26(24-15-18-16-25-28-5-4-17(14-23)12-20(18)28)36(32,33)22-13-19(29(30)31)2-3-21(22)35-11-8-27-6-9-34-10-7-27/h2-5,12-13,15-16H,6-11H2,1H3/b24-15-. The van der Waals surface area contributed by atoms with Crippen LogP contribution in [0.1, 0.15) is 11.1 Å². The van der Waals surface area contributed by atoms with Crippen LogP contribution in [-0.2, 0) is 14.8 Å². The van der Waals surface area contributed by atoms with Gasteiger partial charge in [-0.3, -0.25) is 15.0 Å². The number of morpholine rings is 1. The monoisotopic (exact) mass is 513 g/mol. The summed E-state index contributed by atoms with van der Waals surface area (Å²) in [5, 5.41) is 28.6. The minimum atomic E-state index is -4.31. The van der Waals surface area contributed by atoms with E-state index in [9.17, 15) is 18.5 Å². The molecule has 1 saturated heterocycles. The van der Waals surface area contributed by atoms with Gasteiger partial charge in [-0.2, -0.15) is 28.3 Å². The quantitative estimate of drug-likeness (QED) is 0.235. The summed E-state index contributed by atoms with van der Waals surface area (Å²) in [6.07, 6.45) is 4.38. The first-order valence-corrected chi connectivity index (χ1v) is 12.4. The van der Waals surface area contributed by atoms with Gasteiger partial charge in [-0.25, -0.2) is 4.52 Å². The Hall–Kier alpha value is -4.06. The van der Waals surface area contributed by atoms with Gasteiger partial charge >= 0.3 is 0 Å². The number of hydrogen-bond acceptors (Lipinski definition) is 10. The molecule has 13 nitrogen and oxygen atoms in total. The summed E-state index contributed by atoms with van der Waals surface area (Å²) in [7, 11) is -3.09. The molecule has 0 saturated carbocycles. The number of nitriles is 1. The number of non-ortho nitro benzene ring substituents is 1. The minimum Gasteiger partial charge on any atom is -0.491 e. The first-order valence-electron chi connectivity index (χ1n) is 10.9. The predicted octanol–water partition coefficient (Wildman–Crippen LogP) is 1.48. The zero-order valence-electron chi connectivity index (χ0n) is 19.3. The van der Waals surface area contributed by atoms with Crippen LogP contribution in [0.2, 0.25) is 0 Å². The summed E-state index contributed by atoms with van der Waals surface area (Å²) in [5.41, 5.74) is 1.06. The molecule has 1 aliphatic heterocycles. The Morgan fingerprint density at radius 1 is 1.33 bits per heavy atom. The Morgan fingerprint density at radius 3 is 2.83 bits per heavy atom. The minimum absolute atomic E-state index is 0.00875. The number of nitrogens with zero attached hydrogens (tertiary/aromatic N) is 7. The molecule has 4 rings (SSSR count). The maximum atomic E-state index is 13.3. The molecule has 0 atom stereocenters. The third kappa shape index (κ3) is 5.43. The van der Waals surface area contributed by atoms with E-state index in [1.54, 1.807) is 18.3 Å². The normalized spacial score (nSPS) is 14.7. The van der Waals surface area contributed by atoms with E-state index >= 15 is 0 Å². The highest BCUT2D eigenvalue weighted by Gasteiger charge is 2.27. The highest BCUT2D eigenvalue weighted by molar-refractivity contribution is 7.89. The Bertz CT molecular complexity index is 1440. The number of sulfonamides is 1. The molecular weight excluding hydrogens is 490 g/mol. The van der Waals surface area contributed by atoms with Crippen molar-refractivity contribution in [2.24, 2.45) is 5.10 Å². The number of hydrogen-bond donors (Lipinski definition) is 0. The average Bonchev–Trinajstić information content (AvgIpc) is 3.29. The summed E-state index contributed by atoms with van der Waals surface area (Å²) in [6.45, 7) is 3.45. The van der Waals surface area contributed by atoms with E-state index in [-0.39, 0.29) is 17.3 Å². The maximum absolute atomic E-state index is 13.3. The molecule has 0 unspecified atom stereocenters. The Balaban J connectivity index is 1.58. The topological polar surface area (TPSA) is 156 Å². The predicted molar refractivity (Wildman–Crippen MR) is 128 cm³/mol. The second-order valence-electron chi connectivity index (χ2n) is 7.83. The van der Waals surface area contributed by atoms with Gasteiger partial charge in [0.05, 0.1) is 47.7 Å². The Labute approximate surface area is 206 Å². The molecule has 0 spiro atoms. The van der Waals surface area contributed by atoms with Crippen LogP contribution >= 0.6 is 0 Å². The van der Waals surface area contributed by atoms with Gasteiger partial charge in [-0.05, 0) is 18.2 Å². The summed E-state index contributed by atoms with van der Waals surface area (Å²) in [6, 6.07) is 8.66. The lowest BCUT2D eigenvalue weighted by atomic mass is 10.2. The molecule has 14 heteroatoms. The highest BCUT2D eigenvalue weighted by Crippen LogP contribution is 2.30. The third-order valence-electron chi connectivity index (χ3n) is 5.57. The maximum Gasteiger partial charge on any atom is 0.282 e. The van der Waals surface area contributed by atoms with E-state index in [0.29, 0.717) is 40.8 Å². The van der Waals surface area contributed by atoms with Crippen molar-refractivity contribution in [1.29, 1.82) is 5.26 Å². The van der Waals surface area contributed by atoms with Crippen LogP contribution in [0.5, 0.6) is 5.75 Å². The van der Waals surface area contributed by atoms with E-state index in [1.807, 2.05) is 6.07 Å². The molecule has 0 radical (unpaired) electrons. The molecular formula is C22H23N7O6S. The smallest absolute Gasteiger partial charge is 0.282 e. The van der Waals surface area contributed by atoms with Gasteiger partial charge in [0.1, 0.15) is 17.3 Å². The van der Waals surface area contributed by atoms with Crippen LogP contribution in [-0.4, -0.2) is 85.0 Å². The number of nitro benzene ring substituents is 1. The number of pyridine rings is 1. The number of ether oxygens (including phenoxy) is 2. The SMILES string of the molecule is CN(/N=C\c1cnn2ccc(C#N)cc12)S(=O)(=O)c1cc([N+](=O)[O-])ccc1OCCN1CCOCC1. The van der Waals surface area contributed by atoms with Gasteiger partial charge in [0.15, 0.2) is 0 Å². The lowest BCUT2D eigenvalue weighted by Crippen LogP contribution is -2.38. The van der Waals surface area contributed by atoms with Crippen molar-refractivity contribution in [1.82, 2.24) is 18.9 Å². The van der Waals surface area contributed by atoms with Crippen LogP contribution < -0.4 is 4.74 Å². The zero-order chi connectivity index (χ0) is 25.7. The first-order chi connectivity index (χ1) is 17.3. The van der Waals surface area contributed by atoms with Crippen molar-refractivity contribution in [2.45, 2.75) is 4.90 Å². The fourth-order valence-electron chi connectivity index (χ4n) is 3.56. The van der Waals surface area contributed by atoms with Gasteiger partial charge in [-0.1, -0.05) is 0 Å². The zero-order valence-corrected chi connectivity index (χ0v) is 20.2. The lowest BCUT2D eigenvalue weighted by Gasteiger charge is -2.26. The summed E-state index contributed by atoms with van der Waals surface area (Å²) in [5.74, 6) is -0.00875. The fraction of sp³-hybridized carbons (Fsp3) is 0.318. The van der Waals surface area contributed by atoms with Crippen molar-refractivity contribution in [3.8, 4) is 11.8 Å². The van der Waals surface area contributed by atoms with E-state index in [2.05, 4.69) is 15.1 Å². The van der Waals surface area contributed by atoms with E-state index in [4.69, 9.17) is 14.7 Å². The molecule has 2 aromatic heterocycles. The van der Waals surface area contributed by atoms with Crippen molar-refractivity contribution in [3.05, 3.63) is 64.0 Å². The Morgan fingerprint density at radius 2 is 2.11 bits per heavy atom. The summed E-state index contributed by atoms with van der Waals surface area (Å²) >= 11 is 0. The molecule has 0 amide bonds. The first kappa shape index (κ1) is 25.0. The molecule has 3 aromatic rings. The van der Waals surface area contributed by atoms with Crippen LogP contribution in [0.3, 0.4) is 0 Å². The molecule has 1 aromatic carbocycles. The van der Waals surface area contributed by atoms with Crippen molar-refractivity contribution in [2.75, 3.05) is 46.5 Å². The number of hydrazone groups is 1. The molecule has 36 heavy (non-hydrogen) atoms. The van der Waals surface area contributed by atoms with Crippen LogP contribution in [0.4, 0.5) is 5.69 Å². The van der Waals surface area contributed by atoms with E-state index < -0.39 is 20.6 Å². The van der Waals surface area contributed by atoms with Crippen LogP contribution in [0, 0.1) is 21.4 Å². The molecule has 0 N–H and O–H groups in total. The number of rotatable bonds is 9. The number of nitro groups is 1. The third-order valence-corrected chi connectivity index (χ3v) is 7.24. The van der Waals surface area contributed by atoms with Gasteiger partial charge in [0, 0.05) is 50.6 Å². The van der Waals surface area contributed by atoms with E-state index in [0.717, 1.165) is 19.2 Å². The molecule has 0 bridgehead atoms. The van der Waals surface area contributed by atoms with Gasteiger partial charge in [0.2, 0.25) is 0 Å². The van der Waals surface area contributed by atoms with Gasteiger partial charge in [0.25, 0.3) is 15.7 Å². The number of aromatic nitrogens is 2. The molecule has 0 aliphatic carbocycles. The number of benzene rings is 1. The molecule has 3 heterocycles.